The maximum absolute atomic E-state index is 13.0. The van der Waals surface area contributed by atoms with Crippen LogP contribution in [0.15, 0.2) is 41.0 Å². The molecule has 144 valence electrons. The van der Waals surface area contributed by atoms with Crippen LogP contribution in [0.4, 0.5) is 18.9 Å². The van der Waals surface area contributed by atoms with E-state index in [0.717, 1.165) is 6.07 Å². The molecule has 1 fully saturated rings. The zero-order chi connectivity index (χ0) is 19.6. The van der Waals surface area contributed by atoms with Gasteiger partial charge in [0.15, 0.2) is 5.76 Å². The number of hydrogen-bond donors (Lipinski definition) is 1. The van der Waals surface area contributed by atoms with Crippen LogP contribution in [0.5, 0.6) is 0 Å². The molecular weight excluding hydrogens is 361 g/mol. The molecular formula is C19H19F3N2O3. The number of carbonyl (C=O) groups is 2. The van der Waals surface area contributed by atoms with Crippen LogP contribution >= 0.6 is 0 Å². The Morgan fingerprint density at radius 3 is 2.48 bits per heavy atom. The number of benzene rings is 1. The van der Waals surface area contributed by atoms with Gasteiger partial charge in [-0.05, 0) is 49.6 Å². The third-order valence-electron chi connectivity index (χ3n) is 4.70. The molecule has 3 rings (SSSR count). The summed E-state index contributed by atoms with van der Waals surface area (Å²) in [6.07, 6.45) is -2.17. The van der Waals surface area contributed by atoms with Crippen LogP contribution in [0.25, 0.3) is 0 Å². The number of carbonyl (C=O) groups excluding carboxylic acids is 2. The van der Waals surface area contributed by atoms with Crippen LogP contribution < -0.4 is 5.32 Å². The van der Waals surface area contributed by atoms with E-state index in [-0.39, 0.29) is 34.7 Å². The van der Waals surface area contributed by atoms with Crippen molar-refractivity contribution in [3.05, 3.63) is 53.5 Å². The second-order valence-electron chi connectivity index (χ2n) is 6.56. The van der Waals surface area contributed by atoms with Crippen LogP contribution in [0.1, 0.15) is 34.5 Å². The van der Waals surface area contributed by atoms with Gasteiger partial charge in [-0.3, -0.25) is 9.59 Å². The topological polar surface area (TPSA) is 62.6 Å². The smallest absolute Gasteiger partial charge is 0.416 e. The Morgan fingerprint density at radius 1 is 1.19 bits per heavy atom. The van der Waals surface area contributed by atoms with Crippen molar-refractivity contribution in [3.63, 3.8) is 0 Å². The molecule has 8 heteroatoms. The van der Waals surface area contributed by atoms with Crippen LogP contribution in [0.3, 0.4) is 0 Å². The van der Waals surface area contributed by atoms with Gasteiger partial charge < -0.3 is 14.6 Å². The molecule has 0 spiro atoms. The molecule has 0 atom stereocenters. The number of likely N-dealkylation sites (tertiary alicyclic amines) is 1. The molecule has 0 saturated carbocycles. The Bertz CT molecular complexity index is 823. The highest BCUT2D eigenvalue weighted by Crippen LogP contribution is 2.33. The molecule has 2 aromatic rings. The summed E-state index contributed by atoms with van der Waals surface area (Å²) in [6, 6.07) is 6.95. The number of anilines is 1. The van der Waals surface area contributed by atoms with Gasteiger partial charge in [0.1, 0.15) is 0 Å². The monoisotopic (exact) mass is 380 g/mol. The molecule has 0 aliphatic carbocycles. The minimum Gasteiger partial charge on any atom is -0.459 e. The summed E-state index contributed by atoms with van der Waals surface area (Å²) < 4.78 is 44.1. The van der Waals surface area contributed by atoms with Gasteiger partial charge in [0, 0.05) is 24.7 Å². The van der Waals surface area contributed by atoms with Gasteiger partial charge in [-0.15, -0.1) is 0 Å². The molecule has 2 amide bonds. The van der Waals surface area contributed by atoms with Gasteiger partial charge in [0.2, 0.25) is 5.91 Å². The van der Waals surface area contributed by atoms with E-state index in [1.807, 2.05) is 0 Å². The third kappa shape index (κ3) is 4.32. The fourth-order valence-corrected chi connectivity index (χ4v) is 3.15. The van der Waals surface area contributed by atoms with E-state index >= 15 is 0 Å². The molecule has 2 heterocycles. The molecule has 0 bridgehead atoms. The van der Waals surface area contributed by atoms with Crippen molar-refractivity contribution >= 4 is 17.5 Å². The fourth-order valence-electron chi connectivity index (χ4n) is 3.15. The number of alkyl halides is 3. The zero-order valence-corrected chi connectivity index (χ0v) is 14.7. The highest BCUT2D eigenvalue weighted by Gasteiger charge is 2.33. The minimum atomic E-state index is -4.47. The van der Waals surface area contributed by atoms with Crippen LogP contribution in [0, 0.1) is 12.8 Å². The second kappa shape index (κ2) is 7.46. The predicted molar refractivity (Wildman–Crippen MR) is 92.1 cm³/mol. The van der Waals surface area contributed by atoms with E-state index in [2.05, 4.69) is 5.32 Å². The number of hydrogen-bond acceptors (Lipinski definition) is 3. The largest absolute Gasteiger partial charge is 0.459 e. The Morgan fingerprint density at radius 2 is 1.89 bits per heavy atom. The first kappa shape index (κ1) is 19.0. The fraction of sp³-hybridized carbons (Fsp3) is 0.368. The zero-order valence-electron chi connectivity index (χ0n) is 14.7. The lowest BCUT2D eigenvalue weighted by molar-refractivity contribution is -0.138. The van der Waals surface area contributed by atoms with Crippen molar-refractivity contribution in [3.8, 4) is 0 Å². The lowest BCUT2D eigenvalue weighted by Gasteiger charge is -2.30. The average Bonchev–Trinajstić information content (AvgIpc) is 3.16. The van der Waals surface area contributed by atoms with Crippen LogP contribution in [-0.2, 0) is 11.0 Å². The molecule has 1 N–H and O–H groups in total. The Labute approximate surface area is 154 Å². The van der Waals surface area contributed by atoms with E-state index in [4.69, 9.17) is 4.42 Å². The third-order valence-corrected chi connectivity index (χ3v) is 4.70. The van der Waals surface area contributed by atoms with Gasteiger partial charge in [-0.2, -0.15) is 13.2 Å². The Kier molecular flexibility index (Phi) is 5.25. The van der Waals surface area contributed by atoms with E-state index in [1.54, 1.807) is 17.0 Å². The number of nitrogens with one attached hydrogen (secondary N) is 1. The van der Waals surface area contributed by atoms with E-state index in [0.29, 0.717) is 25.9 Å². The van der Waals surface area contributed by atoms with Crippen molar-refractivity contribution in [1.29, 1.82) is 0 Å². The van der Waals surface area contributed by atoms with Crippen LogP contribution in [0.2, 0.25) is 0 Å². The Balaban J connectivity index is 1.59. The summed E-state index contributed by atoms with van der Waals surface area (Å²) in [5.41, 5.74) is -0.545. The first-order valence-corrected chi connectivity index (χ1v) is 8.57. The standard InChI is InChI=1S/C19H19F3N2O3/c1-12-4-5-14(11-15(12)19(20,21)22)23-17(25)13-6-8-24(9-7-13)18(26)16-3-2-10-27-16/h2-5,10-11,13H,6-9H2,1H3,(H,23,25). The van der Waals surface area contributed by atoms with Gasteiger partial charge in [-0.25, -0.2) is 0 Å². The summed E-state index contributed by atoms with van der Waals surface area (Å²) in [5, 5.41) is 2.56. The van der Waals surface area contributed by atoms with Crippen molar-refractivity contribution in [2.45, 2.75) is 25.9 Å². The van der Waals surface area contributed by atoms with Crippen molar-refractivity contribution in [1.82, 2.24) is 4.90 Å². The summed E-state index contributed by atoms with van der Waals surface area (Å²) in [7, 11) is 0. The Hall–Kier alpha value is -2.77. The van der Waals surface area contributed by atoms with Gasteiger partial charge in [0.25, 0.3) is 5.91 Å². The number of halogens is 3. The molecule has 1 aliphatic rings. The first-order valence-electron chi connectivity index (χ1n) is 8.57. The highest BCUT2D eigenvalue weighted by atomic mass is 19.4. The van der Waals surface area contributed by atoms with Gasteiger partial charge in [-0.1, -0.05) is 6.07 Å². The van der Waals surface area contributed by atoms with E-state index < -0.39 is 11.7 Å². The summed E-state index contributed by atoms with van der Waals surface area (Å²) in [5.74, 6) is -0.678. The van der Waals surface area contributed by atoms with Crippen molar-refractivity contribution in [2.24, 2.45) is 5.92 Å². The van der Waals surface area contributed by atoms with Crippen molar-refractivity contribution < 1.29 is 27.2 Å². The molecule has 1 saturated heterocycles. The summed E-state index contributed by atoms with van der Waals surface area (Å²) in [6.45, 7) is 2.15. The van der Waals surface area contributed by atoms with Crippen LogP contribution in [-0.4, -0.2) is 29.8 Å². The van der Waals surface area contributed by atoms with E-state index in [9.17, 15) is 22.8 Å². The maximum atomic E-state index is 13.0. The first-order chi connectivity index (χ1) is 12.8. The lowest BCUT2D eigenvalue weighted by Crippen LogP contribution is -2.41. The lowest BCUT2D eigenvalue weighted by atomic mass is 9.95. The molecule has 1 aromatic carbocycles. The maximum Gasteiger partial charge on any atom is 0.416 e. The molecule has 27 heavy (non-hydrogen) atoms. The second-order valence-corrected chi connectivity index (χ2v) is 6.56. The highest BCUT2D eigenvalue weighted by molar-refractivity contribution is 5.94. The number of piperidine rings is 1. The molecule has 1 aliphatic heterocycles. The number of aryl methyl sites for hydroxylation is 1. The summed E-state index contributed by atoms with van der Waals surface area (Å²) in [4.78, 5) is 26.2. The van der Waals surface area contributed by atoms with Gasteiger partial charge in [0.05, 0.1) is 11.8 Å². The van der Waals surface area contributed by atoms with E-state index in [1.165, 1.54) is 25.3 Å². The molecule has 5 nitrogen and oxygen atoms in total. The number of nitrogens with zero attached hydrogens (tertiary/aromatic N) is 1. The number of amides is 2. The van der Waals surface area contributed by atoms with Crippen molar-refractivity contribution in [2.75, 3.05) is 18.4 Å². The predicted octanol–water partition coefficient (Wildman–Crippen LogP) is 4.10. The normalized spacial score (nSPS) is 15.6. The quantitative estimate of drug-likeness (QED) is 0.872. The van der Waals surface area contributed by atoms with Gasteiger partial charge >= 0.3 is 6.18 Å². The minimum absolute atomic E-state index is 0.102. The molecule has 0 radical (unpaired) electrons. The average molecular weight is 380 g/mol. The SMILES string of the molecule is Cc1ccc(NC(=O)C2CCN(C(=O)c3ccco3)CC2)cc1C(F)(F)F. The number of rotatable bonds is 3. The molecule has 0 unspecified atom stereocenters. The summed E-state index contributed by atoms with van der Waals surface area (Å²) >= 11 is 0. The molecule has 1 aromatic heterocycles. The number of furan rings is 1.